The van der Waals surface area contributed by atoms with Gasteiger partial charge in [-0.15, -0.1) is 12.4 Å². The molecule has 8 heteroatoms. The number of aromatic amines is 1. The molecule has 7 nitrogen and oxygen atoms in total. The normalized spacial score (nSPS) is 9.31. The summed E-state index contributed by atoms with van der Waals surface area (Å²) in [5, 5.41) is 15.8. The number of halogens is 1. The summed E-state index contributed by atoms with van der Waals surface area (Å²) in [6.07, 6.45) is 1.19. The van der Waals surface area contributed by atoms with Crippen molar-refractivity contribution in [2.24, 2.45) is 0 Å². The van der Waals surface area contributed by atoms with Crippen LogP contribution in [0.3, 0.4) is 0 Å². The molecule has 0 radical (unpaired) electrons. The number of hydrogen-bond donors (Lipinski definition) is 3. The first kappa shape index (κ1) is 14.4. The second-order valence-corrected chi connectivity index (χ2v) is 2.89. The summed E-state index contributed by atoms with van der Waals surface area (Å²) in [5.41, 5.74) is 0.0755. The van der Waals surface area contributed by atoms with Crippen LogP contribution in [-0.4, -0.2) is 36.0 Å². The van der Waals surface area contributed by atoms with E-state index in [9.17, 15) is 14.9 Å². The Labute approximate surface area is 98.2 Å². The van der Waals surface area contributed by atoms with E-state index in [0.717, 1.165) is 0 Å². The lowest BCUT2D eigenvalue weighted by Crippen LogP contribution is -2.30. The fourth-order valence-corrected chi connectivity index (χ4v) is 1.02. The van der Waals surface area contributed by atoms with E-state index in [-0.39, 0.29) is 29.7 Å². The molecular formula is C8H13ClN4O3. The third-order valence-electron chi connectivity index (χ3n) is 1.78. The molecule has 90 valence electrons. The summed E-state index contributed by atoms with van der Waals surface area (Å²) < 4.78 is 0. The van der Waals surface area contributed by atoms with Crippen molar-refractivity contribution >= 4 is 24.0 Å². The first-order chi connectivity index (χ1) is 7.15. The first-order valence-electron chi connectivity index (χ1n) is 4.40. The van der Waals surface area contributed by atoms with Gasteiger partial charge in [0.25, 0.3) is 11.6 Å². The van der Waals surface area contributed by atoms with Crippen molar-refractivity contribution in [2.45, 2.75) is 0 Å². The molecule has 0 fully saturated rings. The Hall–Kier alpha value is -1.60. The lowest BCUT2D eigenvalue weighted by Gasteiger charge is -2.01. The van der Waals surface area contributed by atoms with Crippen molar-refractivity contribution in [3.63, 3.8) is 0 Å². The molecule has 1 heterocycles. The lowest BCUT2D eigenvalue weighted by molar-refractivity contribution is -0.384. The van der Waals surface area contributed by atoms with Gasteiger partial charge in [-0.05, 0) is 7.05 Å². The van der Waals surface area contributed by atoms with Crippen molar-refractivity contribution in [2.75, 3.05) is 20.1 Å². The molecule has 1 aromatic rings. The van der Waals surface area contributed by atoms with Gasteiger partial charge >= 0.3 is 0 Å². The van der Waals surface area contributed by atoms with Gasteiger partial charge in [0.2, 0.25) is 0 Å². The number of aromatic nitrogens is 1. The third kappa shape index (κ3) is 3.87. The van der Waals surface area contributed by atoms with Gasteiger partial charge in [-0.25, -0.2) is 0 Å². The smallest absolute Gasteiger partial charge is 0.287 e. The zero-order chi connectivity index (χ0) is 11.3. The predicted octanol–water partition coefficient (Wildman–Crippen LogP) is 0.294. The molecule has 0 unspecified atom stereocenters. The second kappa shape index (κ2) is 6.81. The molecule has 0 bridgehead atoms. The maximum Gasteiger partial charge on any atom is 0.287 e. The van der Waals surface area contributed by atoms with Gasteiger partial charge in [-0.1, -0.05) is 0 Å². The maximum absolute atomic E-state index is 11.4. The molecule has 0 aliphatic rings. The van der Waals surface area contributed by atoms with Gasteiger partial charge in [0.15, 0.2) is 0 Å². The number of likely N-dealkylation sites (N-methyl/N-ethyl adjacent to an activating group) is 1. The Kier molecular flexibility index (Phi) is 6.12. The van der Waals surface area contributed by atoms with Gasteiger partial charge in [0.05, 0.1) is 11.1 Å². The van der Waals surface area contributed by atoms with E-state index < -0.39 is 4.92 Å². The van der Waals surface area contributed by atoms with E-state index in [1.54, 1.807) is 7.05 Å². The number of nitrogens with zero attached hydrogens (tertiary/aromatic N) is 1. The van der Waals surface area contributed by atoms with E-state index in [0.29, 0.717) is 13.1 Å². The van der Waals surface area contributed by atoms with Crippen LogP contribution in [0.1, 0.15) is 10.5 Å². The summed E-state index contributed by atoms with van der Waals surface area (Å²) in [6, 6.07) is 1.20. The Morgan fingerprint density at radius 3 is 2.75 bits per heavy atom. The van der Waals surface area contributed by atoms with E-state index in [1.807, 2.05) is 0 Å². The molecule has 0 spiro atoms. The number of hydrogen-bond acceptors (Lipinski definition) is 4. The van der Waals surface area contributed by atoms with Crippen molar-refractivity contribution in [3.05, 3.63) is 28.1 Å². The fraction of sp³-hybridized carbons (Fsp3) is 0.375. The van der Waals surface area contributed by atoms with Crippen LogP contribution in [-0.2, 0) is 0 Å². The van der Waals surface area contributed by atoms with Crippen molar-refractivity contribution in [1.82, 2.24) is 15.6 Å². The third-order valence-corrected chi connectivity index (χ3v) is 1.78. The highest BCUT2D eigenvalue weighted by atomic mass is 35.5. The SMILES string of the molecule is CNCCNC(=O)c1cc([N+](=O)[O-])c[nH]1.Cl. The molecule has 1 rings (SSSR count). The quantitative estimate of drug-likeness (QED) is 0.396. The fourth-order valence-electron chi connectivity index (χ4n) is 1.02. The molecule has 0 saturated heterocycles. The van der Waals surface area contributed by atoms with Crippen molar-refractivity contribution in [3.8, 4) is 0 Å². The van der Waals surface area contributed by atoms with Crippen molar-refractivity contribution in [1.29, 1.82) is 0 Å². The number of rotatable bonds is 5. The highest BCUT2D eigenvalue weighted by Crippen LogP contribution is 2.11. The highest BCUT2D eigenvalue weighted by molar-refractivity contribution is 5.93. The van der Waals surface area contributed by atoms with Crippen LogP contribution < -0.4 is 10.6 Å². The molecular weight excluding hydrogens is 236 g/mol. The van der Waals surface area contributed by atoms with Gasteiger partial charge in [-0.3, -0.25) is 14.9 Å². The van der Waals surface area contributed by atoms with E-state index in [4.69, 9.17) is 0 Å². The maximum atomic E-state index is 11.4. The number of nitro groups is 1. The van der Waals surface area contributed by atoms with E-state index in [2.05, 4.69) is 15.6 Å². The lowest BCUT2D eigenvalue weighted by atomic mass is 10.4. The van der Waals surface area contributed by atoms with E-state index in [1.165, 1.54) is 12.3 Å². The minimum Gasteiger partial charge on any atom is -0.351 e. The number of amides is 1. The average molecular weight is 249 g/mol. The number of carbonyl (C=O) groups excluding carboxylic acids is 1. The van der Waals surface area contributed by atoms with Crippen LogP contribution in [0.15, 0.2) is 12.3 Å². The van der Waals surface area contributed by atoms with Gasteiger partial charge < -0.3 is 15.6 Å². The number of carbonyl (C=O) groups is 1. The Balaban J connectivity index is 0.00000225. The second-order valence-electron chi connectivity index (χ2n) is 2.89. The van der Waals surface area contributed by atoms with Crippen LogP contribution in [0.25, 0.3) is 0 Å². The molecule has 0 atom stereocenters. The monoisotopic (exact) mass is 248 g/mol. The largest absolute Gasteiger partial charge is 0.351 e. The number of H-pyrrole nitrogens is 1. The first-order valence-corrected chi connectivity index (χ1v) is 4.40. The number of nitrogens with one attached hydrogen (secondary N) is 3. The Bertz CT molecular complexity index is 366. The molecule has 0 aliphatic carbocycles. The summed E-state index contributed by atoms with van der Waals surface area (Å²) >= 11 is 0. The van der Waals surface area contributed by atoms with Crippen LogP contribution in [0.5, 0.6) is 0 Å². The van der Waals surface area contributed by atoms with Crippen LogP contribution in [0.2, 0.25) is 0 Å². The molecule has 3 N–H and O–H groups in total. The Morgan fingerprint density at radius 1 is 1.56 bits per heavy atom. The topological polar surface area (TPSA) is 100 Å². The molecule has 0 saturated carbocycles. The Morgan fingerprint density at radius 2 is 2.25 bits per heavy atom. The molecule has 1 aromatic heterocycles. The summed E-state index contributed by atoms with van der Waals surface area (Å²) in [4.78, 5) is 23.7. The minimum atomic E-state index is -0.555. The standard InChI is InChI=1S/C8H12N4O3.ClH/c1-9-2-3-10-8(13)7-4-6(5-11-7)12(14)15;/h4-5,9,11H,2-3H2,1H3,(H,10,13);1H. The zero-order valence-electron chi connectivity index (χ0n) is 8.65. The average Bonchev–Trinajstić information content (AvgIpc) is 2.66. The van der Waals surface area contributed by atoms with Crippen LogP contribution >= 0.6 is 12.4 Å². The zero-order valence-corrected chi connectivity index (χ0v) is 9.47. The van der Waals surface area contributed by atoms with Gasteiger partial charge in [-0.2, -0.15) is 0 Å². The molecule has 1 amide bonds. The summed E-state index contributed by atoms with van der Waals surface area (Å²) in [6.45, 7) is 1.12. The molecule has 0 aliphatic heterocycles. The van der Waals surface area contributed by atoms with E-state index >= 15 is 0 Å². The van der Waals surface area contributed by atoms with Crippen LogP contribution in [0.4, 0.5) is 5.69 Å². The summed E-state index contributed by atoms with van der Waals surface area (Å²) in [7, 11) is 1.77. The molecule has 0 aromatic carbocycles. The van der Waals surface area contributed by atoms with Crippen LogP contribution in [0, 0.1) is 10.1 Å². The molecule has 16 heavy (non-hydrogen) atoms. The van der Waals surface area contributed by atoms with Gasteiger partial charge in [0, 0.05) is 19.2 Å². The summed E-state index contributed by atoms with van der Waals surface area (Å²) in [5.74, 6) is -0.349. The van der Waals surface area contributed by atoms with Gasteiger partial charge in [0.1, 0.15) is 5.69 Å². The predicted molar refractivity (Wildman–Crippen MR) is 61.0 cm³/mol. The van der Waals surface area contributed by atoms with Crippen molar-refractivity contribution < 1.29 is 9.72 Å². The highest BCUT2D eigenvalue weighted by Gasteiger charge is 2.13. The minimum absolute atomic E-state index is 0.